The molecule has 1 aliphatic rings. The first-order valence-electron chi connectivity index (χ1n) is 4.01. The van der Waals surface area contributed by atoms with E-state index >= 15 is 0 Å². The summed E-state index contributed by atoms with van der Waals surface area (Å²) >= 11 is 0. The molecule has 1 heterocycles. The largest absolute Gasteiger partial charge is 0.353 e. The normalized spacial score (nSPS) is 25.4. The monoisotopic (exact) mass is 176 g/mol. The molecule has 0 unspecified atom stereocenters. The van der Waals surface area contributed by atoms with Crippen LogP contribution in [-0.4, -0.2) is 39.0 Å². The number of ether oxygens (including phenoxy) is 2. The zero-order chi connectivity index (χ0) is 8.32. The van der Waals surface area contributed by atoms with Crippen molar-refractivity contribution in [2.24, 2.45) is 0 Å². The van der Waals surface area contributed by atoms with E-state index in [4.69, 9.17) is 9.47 Å². The Morgan fingerprint density at radius 2 is 1.55 bits per heavy atom. The van der Waals surface area contributed by atoms with E-state index < -0.39 is 0 Å². The van der Waals surface area contributed by atoms with Crippen molar-refractivity contribution in [2.75, 3.05) is 33.2 Å². The molecule has 0 N–H and O–H groups in total. The van der Waals surface area contributed by atoms with Crippen molar-refractivity contribution in [1.29, 1.82) is 0 Å². The van der Waals surface area contributed by atoms with Gasteiger partial charge in [-0.25, -0.2) is 0 Å². The number of methoxy groups -OCH3 is 2. The maximum Gasteiger partial charge on any atom is 0.168 e. The summed E-state index contributed by atoms with van der Waals surface area (Å²) in [7, 11) is 3.76. The molecule has 0 amide bonds. The van der Waals surface area contributed by atoms with E-state index in [0.29, 0.717) is 0 Å². The Labute approximate surface area is 70.0 Å². The summed E-state index contributed by atoms with van der Waals surface area (Å²) in [5.74, 6) is -0.241. The molecular weight excluding hydrogens is 159 g/mol. The second kappa shape index (κ2) is 3.84. The van der Waals surface area contributed by atoms with Crippen LogP contribution in [0.2, 0.25) is 0 Å². The first-order chi connectivity index (χ1) is 5.22. The van der Waals surface area contributed by atoms with E-state index in [2.05, 4.69) is 6.66 Å². The predicted molar refractivity (Wildman–Crippen MR) is 48.6 cm³/mol. The number of hydrogen-bond donors (Lipinski definition) is 0. The van der Waals surface area contributed by atoms with E-state index in [1.807, 2.05) is 0 Å². The van der Waals surface area contributed by atoms with Gasteiger partial charge in [0.05, 0.1) is 0 Å². The van der Waals surface area contributed by atoms with E-state index in [0.717, 1.165) is 12.8 Å². The second-order valence-electron chi connectivity index (χ2n) is 3.12. The Hall–Kier alpha value is 0.350. The van der Waals surface area contributed by atoms with Crippen LogP contribution in [0.15, 0.2) is 0 Å². The minimum absolute atomic E-state index is 0.241. The zero-order valence-corrected chi connectivity index (χ0v) is 8.49. The highest BCUT2D eigenvalue weighted by molar-refractivity contribution is 7.56. The summed E-state index contributed by atoms with van der Waals surface area (Å²) in [4.78, 5) is 0. The predicted octanol–water partition coefficient (Wildman–Crippen LogP) is 1.88. The topological polar surface area (TPSA) is 18.5 Å². The fraction of sp³-hybridized carbons (Fsp3) is 1.00. The molecule has 11 heavy (non-hydrogen) atoms. The summed E-state index contributed by atoms with van der Waals surface area (Å²) in [6.07, 6.45) is 4.72. The van der Waals surface area contributed by atoms with Gasteiger partial charge >= 0.3 is 0 Å². The maximum atomic E-state index is 5.36. The fourth-order valence-corrected chi connectivity index (χ4v) is 3.12. The molecule has 0 aromatic heterocycles. The van der Waals surface area contributed by atoms with Crippen LogP contribution in [0, 0.1) is 0 Å². The lowest BCUT2D eigenvalue weighted by Crippen LogP contribution is -2.38. The van der Waals surface area contributed by atoms with Crippen LogP contribution in [0.1, 0.15) is 12.8 Å². The Morgan fingerprint density at radius 3 is 1.91 bits per heavy atom. The van der Waals surface area contributed by atoms with Crippen molar-refractivity contribution in [3.8, 4) is 0 Å². The lowest BCUT2D eigenvalue weighted by atomic mass is 10.1. The van der Waals surface area contributed by atoms with Gasteiger partial charge in [0.1, 0.15) is 0 Å². The molecule has 66 valence electrons. The van der Waals surface area contributed by atoms with Crippen molar-refractivity contribution >= 4 is 7.92 Å². The fourth-order valence-electron chi connectivity index (χ4n) is 1.45. The van der Waals surface area contributed by atoms with Crippen molar-refractivity contribution in [3.63, 3.8) is 0 Å². The molecule has 0 radical (unpaired) electrons. The molecule has 1 fully saturated rings. The third-order valence-corrected chi connectivity index (χ3v) is 4.47. The molecule has 0 atom stereocenters. The quantitative estimate of drug-likeness (QED) is 0.472. The van der Waals surface area contributed by atoms with Gasteiger partial charge in [0.2, 0.25) is 0 Å². The van der Waals surface area contributed by atoms with Gasteiger partial charge in [-0.05, 0) is 19.0 Å². The van der Waals surface area contributed by atoms with Crippen LogP contribution in [0.3, 0.4) is 0 Å². The number of hydrogen-bond acceptors (Lipinski definition) is 2. The Morgan fingerprint density at radius 1 is 1.09 bits per heavy atom. The second-order valence-corrected chi connectivity index (χ2v) is 5.73. The van der Waals surface area contributed by atoms with Crippen molar-refractivity contribution in [1.82, 2.24) is 0 Å². The highest BCUT2D eigenvalue weighted by Crippen LogP contribution is 2.43. The molecular formula is C8H17O2P. The summed E-state index contributed by atoms with van der Waals surface area (Å²) < 4.78 is 10.7. The summed E-state index contributed by atoms with van der Waals surface area (Å²) in [5.41, 5.74) is 0. The minimum Gasteiger partial charge on any atom is -0.353 e. The molecule has 0 spiro atoms. The molecule has 0 saturated carbocycles. The van der Waals surface area contributed by atoms with Crippen LogP contribution in [-0.2, 0) is 9.47 Å². The van der Waals surface area contributed by atoms with E-state index in [9.17, 15) is 0 Å². The van der Waals surface area contributed by atoms with Crippen LogP contribution in [0.5, 0.6) is 0 Å². The first kappa shape index (κ1) is 9.44. The average molecular weight is 176 g/mol. The van der Waals surface area contributed by atoms with Gasteiger partial charge in [-0.2, -0.15) is 0 Å². The standard InChI is InChI=1S/C8H17O2P/c1-9-8(10-2)4-6-11(3)7-5-8/h4-7H2,1-3H3. The van der Waals surface area contributed by atoms with Crippen LogP contribution in [0.4, 0.5) is 0 Å². The molecule has 0 bridgehead atoms. The lowest BCUT2D eigenvalue weighted by molar-refractivity contribution is -0.210. The van der Waals surface area contributed by atoms with Crippen molar-refractivity contribution < 1.29 is 9.47 Å². The maximum absolute atomic E-state index is 5.36. The van der Waals surface area contributed by atoms with Gasteiger partial charge < -0.3 is 9.47 Å². The minimum atomic E-state index is -0.241. The van der Waals surface area contributed by atoms with Crippen molar-refractivity contribution in [3.05, 3.63) is 0 Å². The lowest BCUT2D eigenvalue weighted by Gasteiger charge is -2.36. The van der Waals surface area contributed by atoms with Gasteiger partial charge in [-0.15, -0.1) is 7.92 Å². The molecule has 1 aliphatic heterocycles. The van der Waals surface area contributed by atoms with Crippen LogP contribution in [0.25, 0.3) is 0 Å². The van der Waals surface area contributed by atoms with Crippen LogP contribution < -0.4 is 0 Å². The molecule has 0 aromatic rings. The highest BCUT2D eigenvalue weighted by Gasteiger charge is 2.33. The smallest absolute Gasteiger partial charge is 0.168 e. The van der Waals surface area contributed by atoms with Gasteiger partial charge in [0.25, 0.3) is 0 Å². The zero-order valence-electron chi connectivity index (χ0n) is 7.59. The summed E-state index contributed by atoms with van der Waals surface area (Å²) in [5, 5.41) is 0. The van der Waals surface area contributed by atoms with Gasteiger partial charge in [0, 0.05) is 27.1 Å². The Balaban J connectivity index is 2.45. The Bertz CT molecular complexity index is 113. The third kappa shape index (κ3) is 2.14. The molecule has 3 heteroatoms. The summed E-state index contributed by atoms with van der Waals surface area (Å²) in [6, 6.07) is 0. The van der Waals surface area contributed by atoms with Crippen LogP contribution >= 0.6 is 7.92 Å². The van der Waals surface area contributed by atoms with Crippen molar-refractivity contribution in [2.45, 2.75) is 18.6 Å². The highest BCUT2D eigenvalue weighted by atomic mass is 31.1. The SMILES string of the molecule is COC1(OC)CCP(C)CC1. The summed E-state index contributed by atoms with van der Waals surface area (Å²) in [6.45, 7) is 2.35. The molecule has 1 saturated heterocycles. The van der Waals surface area contributed by atoms with E-state index in [1.54, 1.807) is 14.2 Å². The average Bonchev–Trinajstić information content (AvgIpc) is 2.07. The molecule has 0 aliphatic carbocycles. The molecule has 0 aromatic carbocycles. The Kier molecular flexibility index (Phi) is 3.29. The molecule has 2 nitrogen and oxygen atoms in total. The van der Waals surface area contributed by atoms with E-state index in [-0.39, 0.29) is 13.7 Å². The van der Waals surface area contributed by atoms with E-state index in [1.165, 1.54) is 12.3 Å². The molecule has 1 rings (SSSR count). The van der Waals surface area contributed by atoms with Gasteiger partial charge in [-0.3, -0.25) is 0 Å². The number of rotatable bonds is 2. The third-order valence-electron chi connectivity index (χ3n) is 2.49. The van der Waals surface area contributed by atoms with Gasteiger partial charge in [-0.1, -0.05) is 0 Å². The van der Waals surface area contributed by atoms with Gasteiger partial charge in [0.15, 0.2) is 5.79 Å². The first-order valence-corrected chi connectivity index (χ1v) is 6.17.